The van der Waals surface area contributed by atoms with Crippen LogP contribution in [-0.2, 0) is 6.54 Å². The first kappa shape index (κ1) is 16.6. The van der Waals surface area contributed by atoms with E-state index in [0.29, 0.717) is 23.3 Å². The Kier molecular flexibility index (Phi) is 4.14. The number of hydrogen-bond acceptors (Lipinski definition) is 3. The fraction of sp³-hybridized carbons (Fsp3) is 0.316. The summed E-state index contributed by atoms with van der Waals surface area (Å²) < 4.78 is 28.5. The quantitative estimate of drug-likeness (QED) is 0.723. The van der Waals surface area contributed by atoms with Crippen molar-refractivity contribution in [3.05, 3.63) is 60.0 Å². The fourth-order valence-electron chi connectivity index (χ4n) is 3.18. The Hall–Kier alpha value is -2.83. The zero-order valence-corrected chi connectivity index (χ0v) is 14.1. The van der Waals surface area contributed by atoms with Crippen molar-refractivity contribution < 1.29 is 13.6 Å². The predicted octanol–water partition coefficient (Wildman–Crippen LogP) is 3.35. The lowest BCUT2D eigenvalue weighted by Crippen LogP contribution is -2.42. The highest BCUT2D eigenvalue weighted by Crippen LogP contribution is 2.28. The maximum absolute atomic E-state index is 13.3. The number of rotatable bonds is 3. The lowest BCUT2D eigenvalue weighted by molar-refractivity contribution is -0.0494. The van der Waals surface area contributed by atoms with Gasteiger partial charge in [0.2, 0.25) is 0 Å². The van der Waals surface area contributed by atoms with Gasteiger partial charge in [-0.3, -0.25) is 4.79 Å². The van der Waals surface area contributed by atoms with Crippen molar-refractivity contribution in [2.45, 2.75) is 25.3 Å². The molecule has 2 aromatic heterocycles. The van der Waals surface area contributed by atoms with Gasteiger partial charge in [0.25, 0.3) is 11.8 Å². The van der Waals surface area contributed by atoms with E-state index in [0.717, 1.165) is 5.56 Å². The van der Waals surface area contributed by atoms with Gasteiger partial charge in [-0.15, -0.1) is 0 Å². The highest BCUT2D eigenvalue weighted by atomic mass is 19.3. The molecule has 4 rings (SSSR count). The number of hydrogen-bond donors (Lipinski definition) is 0. The summed E-state index contributed by atoms with van der Waals surface area (Å²) in [6, 6.07) is 11.6. The lowest BCUT2D eigenvalue weighted by atomic mass is 10.1. The van der Waals surface area contributed by atoms with Crippen LogP contribution in [0.25, 0.3) is 11.2 Å². The fourth-order valence-corrected chi connectivity index (χ4v) is 3.18. The molecule has 26 heavy (non-hydrogen) atoms. The third-order valence-corrected chi connectivity index (χ3v) is 4.68. The van der Waals surface area contributed by atoms with Crippen LogP contribution in [-0.4, -0.2) is 44.4 Å². The van der Waals surface area contributed by atoms with Gasteiger partial charge in [0.15, 0.2) is 5.65 Å². The van der Waals surface area contributed by atoms with Gasteiger partial charge in [-0.2, -0.15) is 0 Å². The summed E-state index contributed by atoms with van der Waals surface area (Å²) in [6.45, 7) is 0.761. The molecule has 0 spiro atoms. The molecule has 0 radical (unpaired) electrons. The second kappa shape index (κ2) is 6.48. The van der Waals surface area contributed by atoms with Gasteiger partial charge in [0, 0.05) is 32.1 Å². The number of carbonyl (C=O) groups is 1. The topological polar surface area (TPSA) is 51.0 Å². The molecule has 1 aliphatic heterocycles. The van der Waals surface area contributed by atoms with Gasteiger partial charge in [-0.05, 0) is 11.6 Å². The Morgan fingerprint density at radius 1 is 1.12 bits per heavy atom. The minimum absolute atomic E-state index is 0.0618. The molecule has 1 aliphatic rings. The average Bonchev–Trinajstić information content (AvgIpc) is 3.04. The number of fused-ring (bicyclic) bond motifs is 1. The van der Waals surface area contributed by atoms with E-state index in [4.69, 9.17) is 0 Å². The minimum atomic E-state index is -2.67. The molecule has 1 aromatic carbocycles. The number of aromatic nitrogens is 3. The SMILES string of the molecule is O=C(c1cnc2c(c1)ncn2Cc1ccccc1)N1CCC(F)(F)CC1. The monoisotopic (exact) mass is 356 g/mol. The summed E-state index contributed by atoms with van der Waals surface area (Å²) >= 11 is 0. The van der Waals surface area contributed by atoms with E-state index in [1.165, 1.54) is 11.1 Å². The molecular formula is C19H18F2N4O. The van der Waals surface area contributed by atoms with Gasteiger partial charge in [-0.1, -0.05) is 30.3 Å². The van der Waals surface area contributed by atoms with E-state index in [1.54, 1.807) is 12.4 Å². The third-order valence-electron chi connectivity index (χ3n) is 4.68. The highest BCUT2D eigenvalue weighted by Gasteiger charge is 2.35. The van der Waals surface area contributed by atoms with Gasteiger partial charge in [0.1, 0.15) is 5.52 Å². The number of likely N-dealkylation sites (tertiary alicyclic amines) is 1. The summed E-state index contributed by atoms with van der Waals surface area (Å²) in [5.41, 5.74) is 2.82. The molecule has 0 atom stereocenters. The van der Waals surface area contributed by atoms with Crippen molar-refractivity contribution >= 4 is 17.1 Å². The summed E-state index contributed by atoms with van der Waals surface area (Å²) in [4.78, 5) is 22.7. The first-order chi connectivity index (χ1) is 12.5. The van der Waals surface area contributed by atoms with Crippen molar-refractivity contribution in [2.24, 2.45) is 0 Å². The largest absolute Gasteiger partial charge is 0.338 e. The molecule has 0 aliphatic carbocycles. The van der Waals surface area contributed by atoms with Gasteiger partial charge < -0.3 is 9.47 Å². The Morgan fingerprint density at radius 3 is 2.58 bits per heavy atom. The van der Waals surface area contributed by atoms with Crippen LogP contribution in [0.1, 0.15) is 28.8 Å². The summed E-state index contributed by atoms with van der Waals surface area (Å²) in [7, 11) is 0. The molecule has 0 N–H and O–H groups in total. The van der Waals surface area contributed by atoms with Crippen molar-refractivity contribution in [1.82, 2.24) is 19.4 Å². The normalized spacial score (nSPS) is 16.8. The highest BCUT2D eigenvalue weighted by molar-refractivity contribution is 5.96. The molecule has 0 saturated carbocycles. The second-order valence-electron chi connectivity index (χ2n) is 6.57. The number of alkyl halides is 2. The Morgan fingerprint density at radius 2 is 1.85 bits per heavy atom. The molecular weight excluding hydrogens is 338 g/mol. The second-order valence-corrected chi connectivity index (χ2v) is 6.57. The maximum atomic E-state index is 13.3. The van der Waals surface area contributed by atoms with Crippen molar-refractivity contribution in [3.8, 4) is 0 Å². The van der Waals surface area contributed by atoms with Crippen molar-refractivity contribution in [3.63, 3.8) is 0 Å². The van der Waals surface area contributed by atoms with Crippen molar-refractivity contribution in [1.29, 1.82) is 0 Å². The number of carbonyl (C=O) groups excluding carboxylic acids is 1. The average molecular weight is 356 g/mol. The van der Waals surface area contributed by atoms with Gasteiger partial charge in [-0.25, -0.2) is 18.7 Å². The zero-order valence-electron chi connectivity index (χ0n) is 14.1. The van der Waals surface area contributed by atoms with E-state index in [-0.39, 0.29) is 31.8 Å². The van der Waals surface area contributed by atoms with Crippen LogP contribution in [0.5, 0.6) is 0 Å². The number of imidazole rings is 1. The smallest absolute Gasteiger partial charge is 0.255 e. The lowest BCUT2D eigenvalue weighted by Gasteiger charge is -2.31. The first-order valence-corrected chi connectivity index (χ1v) is 8.54. The van der Waals surface area contributed by atoms with E-state index in [9.17, 15) is 13.6 Å². The van der Waals surface area contributed by atoms with E-state index < -0.39 is 5.92 Å². The van der Waals surface area contributed by atoms with Crippen LogP contribution in [0.3, 0.4) is 0 Å². The number of nitrogens with zero attached hydrogens (tertiary/aromatic N) is 4. The first-order valence-electron chi connectivity index (χ1n) is 8.54. The molecule has 1 amide bonds. The Balaban J connectivity index is 1.54. The molecule has 134 valence electrons. The molecule has 5 nitrogen and oxygen atoms in total. The third kappa shape index (κ3) is 3.29. The standard InChI is InChI=1S/C19H18F2N4O/c20-19(21)6-8-24(9-7-19)18(26)15-10-16-17(22-11-15)25(13-23-16)12-14-4-2-1-3-5-14/h1-5,10-11,13H,6-9,12H2. The Bertz CT molecular complexity index is 929. The van der Waals surface area contributed by atoms with Crippen molar-refractivity contribution in [2.75, 3.05) is 13.1 Å². The Labute approximate surface area is 149 Å². The number of halogens is 2. The maximum Gasteiger partial charge on any atom is 0.255 e. The predicted molar refractivity (Wildman–Crippen MR) is 93.2 cm³/mol. The van der Waals surface area contributed by atoms with Crippen LogP contribution in [0.2, 0.25) is 0 Å². The number of benzene rings is 1. The van der Waals surface area contributed by atoms with Crippen LogP contribution in [0.4, 0.5) is 8.78 Å². The van der Waals surface area contributed by atoms with E-state index >= 15 is 0 Å². The van der Waals surface area contributed by atoms with Gasteiger partial charge >= 0.3 is 0 Å². The molecule has 1 saturated heterocycles. The molecule has 7 heteroatoms. The molecule has 1 fully saturated rings. The summed E-state index contributed by atoms with van der Waals surface area (Å²) in [6.07, 6.45) is 2.61. The molecule has 0 bridgehead atoms. The minimum Gasteiger partial charge on any atom is -0.338 e. The summed E-state index contributed by atoms with van der Waals surface area (Å²) in [5, 5.41) is 0. The zero-order chi connectivity index (χ0) is 18.1. The summed E-state index contributed by atoms with van der Waals surface area (Å²) in [5.74, 6) is -2.94. The number of piperidine rings is 1. The van der Waals surface area contributed by atoms with E-state index in [2.05, 4.69) is 9.97 Å². The van der Waals surface area contributed by atoms with Crippen LogP contribution >= 0.6 is 0 Å². The van der Waals surface area contributed by atoms with Crippen LogP contribution in [0, 0.1) is 0 Å². The van der Waals surface area contributed by atoms with Crippen LogP contribution < -0.4 is 0 Å². The van der Waals surface area contributed by atoms with Gasteiger partial charge in [0.05, 0.1) is 18.4 Å². The number of pyridine rings is 1. The molecule has 0 unspecified atom stereocenters. The van der Waals surface area contributed by atoms with E-state index in [1.807, 2.05) is 34.9 Å². The molecule has 3 aromatic rings. The van der Waals surface area contributed by atoms with Crippen LogP contribution in [0.15, 0.2) is 48.9 Å². The molecule has 3 heterocycles. The number of amides is 1.